The van der Waals surface area contributed by atoms with E-state index < -0.39 is 20.7 Å². The molecule has 128 valence electrons. The fourth-order valence-corrected chi connectivity index (χ4v) is 5.05. The van der Waals surface area contributed by atoms with Crippen LogP contribution in [0.4, 0.5) is 11.4 Å². The van der Waals surface area contributed by atoms with Crippen LogP contribution in [0, 0.1) is 3.57 Å². The second kappa shape index (κ2) is 7.21. The highest BCUT2D eigenvalue weighted by Crippen LogP contribution is 2.30. The van der Waals surface area contributed by atoms with E-state index in [-0.39, 0.29) is 11.8 Å². The molecule has 0 saturated carbocycles. The molecule has 1 heterocycles. The van der Waals surface area contributed by atoms with Crippen molar-refractivity contribution in [2.24, 2.45) is 0 Å². The first-order chi connectivity index (χ1) is 12.8. The molecule has 0 aliphatic carbocycles. The van der Waals surface area contributed by atoms with Crippen LogP contribution in [-0.4, -0.2) is 15.3 Å². The van der Waals surface area contributed by atoms with Crippen LogP contribution < -0.4 is 10.0 Å². The monoisotopic (exact) mass is 454 g/mol. The van der Waals surface area contributed by atoms with Crippen LogP contribution >= 0.6 is 20.7 Å². The number of benzene rings is 3. The maximum Gasteiger partial charge on any atom is 0.289 e. The number of hydrogen-bond donors (Lipinski definition) is 0. The molecule has 1 fully saturated rings. The molecular formula is C21H15IN2O2. The van der Waals surface area contributed by atoms with Crippen molar-refractivity contribution >= 4 is 47.4 Å². The Labute approximate surface area is 161 Å². The van der Waals surface area contributed by atoms with Gasteiger partial charge in [-0.1, -0.05) is 75.3 Å². The molecule has 0 unspecified atom stereocenters. The van der Waals surface area contributed by atoms with Gasteiger partial charge in [-0.3, -0.25) is 9.59 Å². The van der Waals surface area contributed by atoms with E-state index in [9.17, 15) is 9.59 Å². The molecule has 1 aliphatic rings. The molecule has 3 aromatic rings. The first kappa shape index (κ1) is 16.7. The third kappa shape index (κ3) is 3.06. The molecule has 3 aromatic carbocycles. The van der Waals surface area contributed by atoms with E-state index in [4.69, 9.17) is 0 Å². The summed E-state index contributed by atoms with van der Waals surface area (Å²) in [6, 6.07) is 28.3. The average Bonchev–Trinajstić information content (AvgIpc) is 2.95. The van der Waals surface area contributed by atoms with Crippen molar-refractivity contribution in [3.63, 3.8) is 0 Å². The Morgan fingerprint density at radius 3 is 1.35 bits per heavy atom. The fourth-order valence-electron chi connectivity index (χ4n) is 2.73. The predicted molar refractivity (Wildman–Crippen MR) is 112 cm³/mol. The third-order valence-electron chi connectivity index (χ3n) is 3.90. The molecule has 2 amide bonds. The van der Waals surface area contributed by atoms with Crippen LogP contribution in [0.15, 0.2) is 91.0 Å². The summed E-state index contributed by atoms with van der Waals surface area (Å²) in [4.78, 5) is 26.3. The van der Waals surface area contributed by atoms with Crippen molar-refractivity contribution in [2.45, 2.75) is 0 Å². The predicted octanol–water partition coefficient (Wildman–Crippen LogP) is 3.99. The molecule has 4 nitrogen and oxygen atoms in total. The van der Waals surface area contributed by atoms with Crippen molar-refractivity contribution in [1.82, 2.24) is 0 Å². The summed E-state index contributed by atoms with van der Waals surface area (Å²) in [5.74, 6) is -0.469. The van der Waals surface area contributed by atoms with Gasteiger partial charge in [0, 0.05) is 3.57 Å². The average molecular weight is 454 g/mol. The summed E-state index contributed by atoms with van der Waals surface area (Å²) in [5.41, 5.74) is 1.36. The summed E-state index contributed by atoms with van der Waals surface area (Å²) in [7, 11) is 0. The molecule has 0 bridgehead atoms. The second-order valence-electron chi connectivity index (χ2n) is 5.61. The molecule has 0 atom stereocenters. The number of carbonyl (C=O) groups excluding carboxylic acids is 2. The van der Waals surface area contributed by atoms with Crippen molar-refractivity contribution < 1.29 is 9.59 Å². The third-order valence-corrected chi connectivity index (χ3v) is 6.70. The van der Waals surface area contributed by atoms with Crippen molar-refractivity contribution in [1.29, 1.82) is 0 Å². The number of hydrazine groups is 1. The van der Waals surface area contributed by atoms with Gasteiger partial charge in [-0.15, -0.1) is 0 Å². The number of anilines is 2. The SMILES string of the molecule is O=C1C(=Ic2ccccc2)C(=O)N(c2ccccc2)N1c1ccccc1. The van der Waals surface area contributed by atoms with Crippen LogP contribution in [0.5, 0.6) is 0 Å². The number of carbonyl (C=O) groups is 2. The van der Waals surface area contributed by atoms with Crippen LogP contribution in [0.3, 0.4) is 0 Å². The molecular weight excluding hydrogens is 439 g/mol. The van der Waals surface area contributed by atoms with E-state index in [0.717, 1.165) is 3.57 Å². The summed E-state index contributed by atoms with van der Waals surface area (Å²) in [6.07, 6.45) is 0. The zero-order chi connectivity index (χ0) is 17.9. The summed E-state index contributed by atoms with van der Waals surface area (Å²) in [6.45, 7) is 0. The minimum absolute atomic E-state index is 0.235. The van der Waals surface area contributed by atoms with Gasteiger partial charge in [-0.05, 0) is 36.4 Å². The first-order valence-corrected chi connectivity index (χ1v) is 10.3. The maximum absolute atomic E-state index is 13.2. The van der Waals surface area contributed by atoms with Gasteiger partial charge >= 0.3 is 0 Å². The number of amides is 2. The van der Waals surface area contributed by atoms with Gasteiger partial charge < -0.3 is 0 Å². The zero-order valence-corrected chi connectivity index (χ0v) is 15.9. The van der Waals surface area contributed by atoms with Crippen molar-refractivity contribution in [2.75, 3.05) is 10.0 Å². The quantitative estimate of drug-likeness (QED) is 0.562. The Bertz CT molecular complexity index is 913. The molecule has 0 N–H and O–H groups in total. The van der Waals surface area contributed by atoms with Gasteiger partial charge in [-0.25, -0.2) is 10.0 Å². The van der Waals surface area contributed by atoms with Gasteiger partial charge in [0.25, 0.3) is 11.8 Å². The Morgan fingerprint density at radius 2 is 0.923 bits per heavy atom. The van der Waals surface area contributed by atoms with E-state index in [1.807, 2.05) is 91.0 Å². The summed E-state index contributed by atoms with van der Waals surface area (Å²) in [5, 5.41) is 2.96. The van der Waals surface area contributed by atoms with Gasteiger partial charge in [0.05, 0.1) is 11.4 Å². The smallest absolute Gasteiger partial charge is 0.266 e. The highest BCUT2D eigenvalue weighted by molar-refractivity contribution is 14.2. The minimum atomic E-state index is -0.861. The topological polar surface area (TPSA) is 40.6 Å². The Balaban J connectivity index is 1.84. The van der Waals surface area contributed by atoms with E-state index in [1.165, 1.54) is 10.0 Å². The zero-order valence-electron chi connectivity index (χ0n) is 13.7. The van der Waals surface area contributed by atoms with E-state index >= 15 is 0 Å². The lowest BCUT2D eigenvalue weighted by molar-refractivity contribution is -0.111. The normalized spacial score (nSPS) is 14.2. The standard InChI is InChI=1S/C21H15IN2O2/c25-20-19(22-16-10-4-1-5-11-16)21(26)24(18-14-8-3-9-15-18)23(20)17-12-6-2-7-13-17/h1-15H. The first-order valence-electron chi connectivity index (χ1n) is 8.11. The Kier molecular flexibility index (Phi) is 4.62. The van der Waals surface area contributed by atoms with Gasteiger partial charge in [0.15, 0.2) is 0 Å². The maximum atomic E-state index is 13.2. The number of nitrogens with zero attached hydrogens (tertiary/aromatic N) is 2. The molecule has 0 aromatic heterocycles. The summed E-state index contributed by atoms with van der Waals surface area (Å²) < 4.78 is 1.42. The lowest BCUT2D eigenvalue weighted by atomic mass is 10.3. The number of halogens is 1. The lowest BCUT2D eigenvalue weighted by Crippen LogP contribution is -2.41. The minimum Gasteiger partial charge on any atom is -0.266 e. The highest BCUT2D eigenvalue weighted by atomic mass is 127. The number of rotatable bonds is 3. The highest BCUT2D eigenvalue weighted by Gasteiger charge is 2.43. The number of para-hydroxylation sites is 2. The van der Waals surface area contributed by atoms with Gasteiger partial charge in [0.1, 0.15) is 3.51 Å². The molecule has 1 saturated heterocycles. The number of hydrogen-bond acceptors (Lipinski definition) is 2. The van der Waals surface area contributed by atoms with Crippen molar-refractivity contribution in [3.8, 4) is 0 Å². The molecule has 5 heteroatoms. The van der Waals surface area contributed by atoms with Crippen LogP contribution in [0.2, 0.25) is 0 Å². The molecule has 0 spiro atoms. The van der Waals surface area contributed by atoms with Crippen LogP contribution in [0.25, 0.3) is 0 Å². The van der Waals surface area contributed by atoms with Gasteiger partial charge in [0.2, 0.25) is 0 Å². The fraction of sp³-hybridized carbons (Fsp3) is 0. The Hall–Kier alpha value is -2.80. The molecule has 0 radical (unpaired) electrons. The van der Waals surface area contributed by atoms with E-state index in [1.54, 1.807) is 0 Å². The van der Waals surface area contributed by atoms with Crippen LogP contribution in [-0.2, 0) is 9.59 Å². The van der Waals surface area contributed by atoms with E-state index in [2.05, 4.69) is 0 Å². The second-order valence-corrected chi connectivity index (χ2v) is 8.47. The van der Waals surface area contributed by atoms with E-state index in [0.29, 0.717) is 14.9 Å². The summed E-state index contributed by atoms with van der Waals surface area (Å²) >= 11 is -0.861. The van der Waals surface area contributed by atoms with Crippen LogP contribution in [0.1, 0.15) is 0 Å². The largest absolute Gasteiger partial charge is 0.289 e. The molecule has 1 aliphatic heterocycles. The van der Waals surface area contributed by atoms with Gasteiger partial charge in [-0.2, -0.15) is 0 Å². The Morgan fingerprint density at radius 1 is 0.538 bits per heavy atom. The van der Waals surface area contributed by atoms with Crippen molar-refractivity contribution in [3.05, 3.63) is 94.6 Å². The molecule has 4 rings (SSSR count). The lowest BCUT2D eigenvalue weighted by Gasteiger charge is -2.27. The molecule has 26 heavy (non-hydrogen) atoms.